The van der Waals surface area contributed by atoms with Crippen LogP contribution in [0.3, 0.4) is 0 Å². The maximum Gasteiger partial charge on any atom is 0.328 e. The fraction of sp³-hybridized carbons (Fsp3) is 0.238. The van der Waals surface area contributed by atoms with Crippen LogP contribution in [0.2, 0.25) is 5.02 Å². The summed E-state index contributed by atoms with van der Waals surface area (Å²) in [5, 5.41) is 4.49. The normalized spacial score (nSPS) is 11.9. The zero-order valence-corrected chi connectivity index (χ0v) is 17.0. The van der Waals surface area contributed by atoms with Gasteiger partial charge in [-0.15, -0.1) is 11.8 Å². The van der Waals surface area contributed by atoms with Crippen LogP contribution in [0.4, 0.5) is 0 Å². The van der Waals surface area contributed by atoms with Gasteiger partial charge in [-0.3, -0.25) is 4.79 Å². The summed E-state index contributed by atoms with van der Waals surface area (Å²) in [4.78, 5) is 28.7. The highest BCUT2D eigenvalue weighted by atomic mass is 35.5. The molecule has 0 aliphatic heterocycles. The lowest BCUT2D eigenvalue weighted by Crippen LogP contribution is -2.43. The molecule has 1 heterocycles. The van der Waals surface area contributed by atoms with E-state index in [-0.39, 0.29) is 12.3 Å². The van der Waals surface area contributed by atoms with Crippen LogP contribution in [0.1, 0.15) is 12.0 Å². The number of thioether (sulfide) groups is 1. The second kappa shape index (κ2) is 9.66. The monoisotopic (exact) mass is 416 g/mol. The zero-order valence-electron chi connectivity index (χ0n) is 15.4. The summed E-state index contributed by atoms with van der Waals surface area (Å²) in [7, 11) is 1.32. The van der Waals surface area contributed by atoms with Gasteiger partial charge in [-0.25, -0.2) is 4.79 Å². The van der Waals surface area contributed by atoms with Crippen molar-refractivity contribution in [1.82, 2.24) is 10.3 Å². The summed E-state index contributed by atoms with van der Waals surface area (Å²) >= 11 is 7.64. The Kier molecular flexibility index (Phi) is 7.01. The third-order valence-electron chi connectivity index (χ3n) is 4.34. The van der Waals surface area contributed by atoms with E-state index in [1.807, 2.05) is 54.7 Å². The van der Waals surface area contributed by atoms with Crippen LogP contribution >= 0.6 is 23.4 Å². The number of halogens is 1. The fourth-order valence-electron chi connectivity index (χ4n) is 2.94. The molecule has 2 aromatic carbocycles. The Balaban J connectivity index is 1.60. The van der Waals surface area contributed by atoms with Crippen LogP contribution in [0.15, 0.2) is 59.6 Å². The molecular weight excluding hydrogens is 396 g/mol. The molecule has 0 bridgehead atoms. The number of hydrogen-bond donors (Lipinski definition) is 2. The summed E-state index contributed by atoms with van der Waals surface area (Å²) in [6.45, 7) is 0. The summed E-state index contributed by atoms with van der Waals surface area (Å²) < 4.78 is 4.88. The van der Waals surface area contributed by atoms with Crippen molar-refractivity contribution in [3.8, 4) is 0 Å². The summed E-state index contributed by atoms with van der Waals surface area (Å²) in [5.74, 6) is -0.0940. The van der Waals surface area contributed by atoms with E-state index in [1.54, 1.807) is 0 Å². The van der Waals surface area contributed by atoms with Crippen molar-refractivity contribution in [3.63, 3.8) is 0 Å². The van der Waals surface area contributed by atoms with Crippen LogP contribution < -0.4 is 5.32 Å². The highest BCUT2D eigenvalue weighted by Crippen LogP contribution is 2.27. The van der Waals surface area contributed by atoms with E-state index in [0.717, 1.165) is 21.4 Å². The number of H-pyrrole nitrogens is 1. The lowest BCUT2D eigenvalue weighted by molar-refractivity contribution is -0.145. The molecule has 0 aliphatic rings. The van der Waals surface area contributed by atoms with Crippen molar-refractivity contribution in [1.29, 1.82) is 0 Å². The molecule has 0 radical (unpaired) electrons. The summed E-state index contributed by atoms with van der Waals surface area (Å²) in [6, 6.07) is 14.6. The Morgan fingerprint density at radius 2 is 1.93 bits per heavy atom. The van der Waals surface area contributed by atoms with Crippen molar-refractivity contribution in [3.05, 3.63) is 65.3 Å². The van der Waals surface area contributed by atoms with Gasteiger partial charge in [0.1, 0.15) is 6.04 Å². The largest absolute Gasteiger partial charge is 0.467 e. The molecule has 146 valence electrons. The second-order valence-electron chi connectivity index (χ2n) is 6.24. The van der Waals surface area contributed by atoms with Crippen molar-refractivity contribution in [2.24, 2.45) is 0 Å². The molecule has 0 aliphatic carbocycles. The summed E-state index contributed by atoms with van der Waals surface area (Å²) in [5.41, 5.74) is 1.94. The molecule has 1 unspecified atom stereocenters. The molecule has 3 aromatic rings. The number of rotatable bonds is 8. The number of aromatic nitrogens is 1. The van der Waals surface area contributed by atoms with Crippen LogP contribution in [-0.4, -0.2) is 35.8 Å². The number of methoxy groups -OCH3 is 1. The molecular formula is C21H21ClN2O3S. The van der Waals surface area contributed by atoms with E-state index in [9.17, 15) is 9.59 Å². The van der Waals surface area contributed by atoms with Crippen LogP contribution in [0.25, 0.3) is 10.9 Å². The molecule has 0 saturated carbocycles. The third-order valence-corrected chi connectivity index (χ3v) is 5.86. The molecule has 2 N–H and O–H groups in total. The first-order valence-corrected chi connectivity index (χ1v) is 10.2. The molecule has 5 nitrogen and oxygen atoms in total. The van der Waals surface area contributed by atoms with Crippen molar-refractivity contribution >= 4 is 46.1 Å². The Morgan fingerprint density at radius 1 is 1.18 bits per heavy atom. The van der Waals surface area contributed by atoms with Gasteiger partial charge in [0.05, 0.1) is 12.1 Å². The van der Waals surface area contributed by atoms with E-state index < -0.39 is 12.0 Å². The minimum absolute atomic E-state index is 0.199. The molecule has 7 heteroatoms. The number of nitrogens with one attached hydrogen (secondary N) is 2. The number of esters is 1. The maximum atomic E-state index is 12.4. The van der Waals surface area contributed by atoms with Gasteiger partial charge in [0.25, 0.3) is 0 Å². The van der Waals surface area contributed by atoms with Gasteiger partial charge in [0.2, 0.25) is 5.91 Å². The molecule has 28 heavy (non-hydrogen) atoms. The van der Waals surface area contributed by atoms with E-state index in [0.29, 0.717) is 17.2 Å². The van der Waals surface area contributed by atoms with Crippen molar-refractivity contribution < 1.29 is 14.3 Å². The number of carbonyl (C=O) groups is 2. The lowest BCUT2D eigenvalue weighted by Gasteiger charge is -2.16. The standard InChI is InChI=1S/C21H21ClN2O3S/c1-27-21(26)18(12-14-13-23-17-8-4-2-6-15(14)17)24-20(25)10-11-28-19-9-5-3-7-16(19)22/h2-9,13,18,23H,10-12H2,1H3,(H,24,25). The number of ether oxygens (including phenoxy) is 1. The van der Waals surface area contributed by atoms with Gasteiger partial charge < -0.3 is 15.0 Å². The van der Waals surface area contributed by atoms with Gasteiger partial charge in [-0.05, 0) is 23.8 Å². The number of benzene rings is 2. The van der Waals surface area contributed by atoms with Gasteiger partial charge in [0.15, 0.2) is 0 Å². The highest BCUT2D eigenvalue weighted by Gasteiger charge is 2.23. The van der Waals surface area contributed by atoms with E-state index in [1.165, 1.54) is 18.9 Å². The van der Waals surface area contributed by atoms with Crippen LogP contribution in [-0.2, 0) is 20.7 Å². The number of carbonyl (C=O) groups excluding carboxylic acids is 2. The molecule has 0 fully saturated rings. The topological polar surface area (TPSA) is 71.2 Å². The molecule has 3 rings (SSSR count). The fourth-order valence-corrected chi connectivity index (χ4v) is 4.13. The minimum atomic E-state index is -0.734. The van der Waals surface area contributed by atoms with Crippen LogP contribution in [0.5, 0.6) is 0 Å². The molecule has 1 aromatic heterocycles. The smallest absolute Gasteiger partial charge is 0.328 e. The van der Waals surface area contributed by atoms with Crippen molar-refractivity contribution in [2.75, 3.05) is 12.9 Å². The quantitative estimate of drug-likeness (QED) is 0.426. The first-order valence-electron chi connectivity index (χ1n) is 8.88. The van der Waals surface area contributed by atoms with Crippen LogP contribution in [0, 0.1) is 0 Å². The Hall–Kier alpha value is -2.44. The summed E-state index contributed by atoms with van der Waals surface area (Å²) in [6.07, 6.45) is 2.50. The van der Waals surface area contributed by atoms with E-state index in [2.05, 4.69) is 10.3 Å². The first kappa shape index (κ1) is 20.3. The van der Waals surface area contributed by atoms with Gasteiger partial charge >= 0.3 is 5.97 Å². The third kappa shape index (κ3) is 5.09. The first-order chi connectivity index (χ1) is 13.6. The number of fused-ring (bicyclic) bond motifs is 1. The predicted molar refractivity (Wildman–Crippen MR) is 113 cm³/mol. The lowest BCUT2D eigenvalue weighted by atomic mass is 10.0. The SMILES string of the molecule is COC(=O)C(Cc1c[nH]c2ccccc12)NC(=O)CCSc1ccccc1Cl. The van der Waals surface area contributed by atoms with Gasteiger partial charge in [-0.1, -0.05) is 41.9 Å². The average Bonchev–Trinajstić information content (AvgIpc) is 3.11. The second-order valence-corrected chi connectivity index (χ2v) is 7.78. The molecule has 0 saturated heterocycles. The Morgan fingerprint density at radius 3 is 2.71 bits per heavy atom. The number of hydrogen-bond acceptors (Lipinski definition) is 4. The average molecular weight is 417 g/mol. The Labute approximate surface area is 172 Å². The van der Waals surface area contributed by atoms with Crippen molar-refractivity contribution in [2.45, 2.75) is 23.8 Å². The molecule has 1 amide bonds. The number of amides is 1. The van der Waals surface area contributed by atoms with Gasteiger partial charge in [-0.2, -0.15) is 0 Å². The van der Waals surface area contributed by atoms with Gasteiger partial charge in [0, 0.05) is 40.6 Å². The number of aromatic amines is 1. The zero-order chi connectivity index (χ0) is 19.9. The Bertz CT molecular complexity index is 973. The highest BCUT2D eigenvalue weighted by molar-refractivity contribution is 7.99. The molecule has 1 atom stereocenters. The minimum Gasteiger partial charge on any atom is -0.467 e. The molecule has 0 spiro atoms. The maximum absolute atomic E-state index is 12.4. The number of para-hydroxylation sites is 1. The predicted octanol–water partition coefficient (Wildman–Crippen LogP) is 4.20. The van der Waals surface area contributed by atoms with E-state index >= 15 is 0 Å². The van der Waals surface area contributed by atoms with E-state index in [4.69, 9.17) is 16.3 Å².